The third-order valence-corrected chi connectivity index (χ3v) is 3.93. The van der Waals surface area contributed by atoms with Crippen LogP contribution >= 0.6 is 31.9 Å². The lowest BCUT2D eigenvalue weighted by molar-refractivity contribution is 0.557. The molecule has 1 aromatic heterocycles. The molecule has 1 aromatic carbocycles. The van der Waals surface area contributed by atoms with Gasteiger partial charge in [0.25, 0.3) is 5.56 Å². The number of H-pyrrole nitrogens is 1. The highest BCUT2D eigenvalue weighted by molar-refractivity contribution is 9.10. The molecule has 18 heavy (non-hydrogen) atoms. The summed E-state index contributed by atoms with van der Waals surface area (Å²) in [5, 5.41) is 3.17. The van der Waals surface area contributed by atoms with E-state index < -0.39 is 0 Å². The van der Waals surface area contributed by atoms with Crippen LogP contribution in [0.5, 0.6) is 0 Å². The van der Waals surface area contributed by atoms with Gasteiger partial charge in [0.2, 0.25) is 0 Å². The summed E-state index contributed by atoms with van der Waals surface area (Å²) in [6.07, 6.45) is 0. The lowest BCUT2D eigenvalue weighted by atomic mass is 9.93. The van der Waals surface area contributed by atoms with Gasteiger partial charge in [-0.15, -0.1) is 0 Å². The number of benzene rings is 1. The fraction of sp³-hybridized carbons (Fsp3) is 0.308. The average Bonchev–Trinajstić information content (AvgIpc) is 2.57. The van der Waals surface area contributed by atoms with Crippen LogP contribution in [-0.2, 0) is 5.41 Å². The fourth-order valence-corrected chi connectivity index (χ4v) is 2.81. The zero-order valence-electron chi connectivity index (χ0n) is 10.4. The molecule has 3 nitrogen and oxygen atoms in total. The van der Waals surface area contributed by atoms with Crippen molar-refractivity contribution in [3.63, 3.8) is 0 Å². The van der Waals surface area contributed by atoms with Crippen molar-refractivity contribution in [3.8, 4) is 5.69 Å². The Morgan fingerprint density at radius 2 is 1.67 bits per heavy atom. The number of hydrogen-bond acceptors (Lipinski definition) is 1. The van der Waals surface area contributed by atoms with E-state index in [0.29, 0.717) is 4.47 Å². The van der Waals surface area contributed by atoms with Crippen LogP contribution in [0.1, 0.15) is 26.5 Å². The van der Waals surface area contributed by atoms with Crippen molar-refractivity contribution in [1.82, 2.24) is 9.78 Å². The van der Waals surface area contributed by atoms with Crippen molar-refractivity contribution in [2.24, 2.45) is 0 Å². The highest BCUT2D eigenvalue weighted by Crippen LogP contribution is 2.26. The summed E-state index contributed by atoms with van der Waals surface area (Å²) in [7, 11) is 0. The Morgan fingerprint density at radius 3 is 2.11 bits per heavy atom. The van der Waals surface area contributed by atoms with E-state index in [1.165, 1.54) is 0 Å². The second-order valence-electron chi connectivity index (χ2n) is 5.17. The van der Waals surface area contributed by atoms with Gasteiger partial charge in [0, 0.05) is 9.89 Å². The first-order valence-electron chi connectivity index (χ1n) is 5.57. The van der Waals surface area contributed by atoms with Gasteiger partial charge in [0.1, 0.15) is 4.47 Å². The molecular formula is C13H14Br2N2O. The van der Waals surface area contributed by atoms with Gasteiger partial charge >= 0.3 is 0 Å². The molecule has 0 aliphatic carbocycles. The Bertz CT molecular complexity index is 618. The molecule has 0 atom stereocenters. The number of rotatable bonds is 1. The summed E-state index contributed by atoms with van der Waals surface area (Å²) >= 11 is 6.76. The molecular weight excluding hydrogens is 360 g/mol. The summed E-state index contributed by atoms with van der Waals surface area (Å²) in [6, 6.07) is 7.60. The summed E-state index contributed by atoms with van der Waals surface area (Å²) < 4.78 is 3.13. The van der Waals surface area contributed by atoms with Crippen LogP contribution in [0.3, 0.4) is 0 Å². The molecule has 0 aliphatic heterocycles. The Morgan fingerprint density at radius 1 is 1.11 bits per heavy atom. The second-order valence-corrected chi connectivity index (χ2v) is 6.88. The van der Waals surface area contributed by atoms with Gasteiger partial charge < -0.3 is 0 Å². The van der Waals surface area contributed by atoms with Crippen molar-refractivity contribution < 1.29 is 0 Å². The first-order chi connectivity index (χ1) is 8.30. The van der Waals surface area contributed by atoms with E-state index in [0.717, 1.165) is 15.9 Å². The van der Waals surface area contributed by atoms with Gasteiger partial charge in [-0.1, -0.05) is 36.7 Å². The van der Waals surface area contributed by atoms with E-state index in [1.54, 1.807) is 4.68 Å². The molecule has 0 fully saturated rings. The van der Waals surface area contributed by atoms with Crippen LogP contribution in [0.4, 0.5) is 0 Å². The van der Waals surface area contributed by atoms with Crippen LogP contribution in [0.15, 0.2) is 38.0 Å². The predicted octanol–water partition coefficient (Wildman–Crippen LogP) is 3.99. The molecule has 1 heterocycles. The van der Waals surface area contributed by atoms with Crippen molar-refractivity contribution >= 4 is 31.9 Å². The normalized spacial score (nSPS) is 11.8. The highest BCUT2D eigenvalue weighted by atomic mass is 79.9. The van der Waals surface area contributed by atoms with Gasteiger partial charge in [-0.05, 0) is 40.2 Å². The molecule has 5 heteroatoms. The molecule has 0 spiro atoms. The van der Waals surface area contributed by atoms with Crippen molar-refractivity contribution in [1.29, 1.82) is 0 Å². The molecule has 0 bridgehead atoms. The van der Waals surface area contributed by atoms with E-state index in [2.05, 4.69) is 57.7 Å². The summed E-state index contributed by atoms with van der Waals surface area (Å²) in [5.41, 5.74) is 1.54. The van der Waals surface area contributed by atoms with Gasteiger partial charge in [0.05, 0.1) is 11.4 Å². The Labute approximate surface area is 122 Å². The first-order valence-corrected chi connectivity index (χ1v) is 7.16. The average molecular weight is 374 g/mol. The van der Waals surface area contributed by atoms with Gasteiger partial charge in [-0.3, -0.25) is 9.89 Å². The molecule has 0 radical (unpaired) electrons. The topological polar surface area (TPSA) is 37.8 Å². The van der Waals surface area contributed by atoms with Gasteiger partial charge in [-0.2, -0.15) is 0 Å². The lowest BCUT2D eigenvalue weighted by Gasteiger charge is -2.16. The monoisotopic (exact) mass is 372 g/mol. The molecule has 0 amide bonds. The summed E-state index contributed by atoms with van der Waals surface area (Å²) in [5.74, 6) is 0. The van der Waals surface area contributed by atoms with Crippen LogP contribution in [-0.4, -0.2) is 9.78 Å². The third kappa shape index (κ3) is 2.47. The number of halogens is 2. The smallest absolute Gasteiger partial charge is 0.285 e. The molecule has 0 unspecified atom stereocenters. The van der Waals surface area contributed by atoms with Gasteiger partial charge in [0.15, 0.2) is 0 Å². The molecule has 1 N–H and O–H groups in total. The maximum Gasteiger partial charge on any atom is 0.285 e. The molecule has 0 saturated carbocycles. The quantitative estimate of drug-likeness (QED) is 0.806. The van der Waals surface area contributed by atoms with Crippen LogP contribution in [0.2, 0.25) is 0 Å². The van der Waals surface area contributed by atoms with E-state index >= 15 is 0 Å². The fourth-order valence-electron chi connectivity index (χ4n) is 1.69. The van der Waals surface area contributed by atoms with Crippen LogP contribution < -0.4 is 5.56 Å². The van der Waals surface area contributed by atoms with E-state index in [1.807, 2.05) is 24.3 Å². The van der Waals surface area contributed by atoms with Crippen molar-refractivity contribution in [2.45, 2.75) is 26.2 Å². The van der Waals surface area contributed by atoms with Crippen LogP contribution in [0, 0.1) is 0 Å². The third-order valence-electron chi connectivity index (χ3n) is 2.67. The minimum absolute atomic E-state index is 0.0674. The van der Waals surface area contributed by atoms with Crippen LogP contribution in [0.25, 0.3) is 5.69 Å². The zero-order chi connectivity index (χ0) is 13.5. The number of nitrogens with zero attached hydrogens (tertiary/aromatic N) is 1. The zero-order valence-corrected chi connectivity index (χ0v) is 13.6. The van der Waals surface area contributed by atoms with Crippen molar-refractivity contribution in [2.75, 3.05) is 0 Å². The summed E-state index contributed by atoms with van der Waals surface area (Å²) in [4.78, 5) is 12.2. The number of nitrogens with one attached hydrogen (secondary N) is 1. The Hall–Kier alpha value is -0.810. The van der Waals surface area contributed by atoms with Gasteiger partial charge in [-0.25, -0.2) is 4.68 Å². The number of aromatic nitrogens is 2. The minimum Gasteiger partial charge on any atom is -0.293 e. The van der Waals surface area contributed by atoms with Crippen molar-refractivity contribution in [3.05, 3.63) is 49.3 Å². The predicted molar refractivity (Wildman–Crippen MR) is 80.5 cm³/mol. The molecule has 2 rings (SSSR count). The molecule has 0 aliphatic rings. The molecule has 96 valence electrons. The summed E-state index contributed by atoms with van der Waals surface area (Å²) in [6.45, 7) is 6.19. The van der Waals surface area contributed by atoms with E-state index in [9.17, 15) is 4.79 Å². The second kappa shape index (κ2) is 4.70. The lowest BCUT2D eigenvalue weighted by Crippen LogP contribution is -2.14. The van der Waals surface area contributed by atoms with E-state index in [-0.39, 0.29) is 11.0 Å². The number of hydrogen-bond donors (Lipinski definition) is 1. The number of aromatic amines is 1. The Kier molecular flexibility index (Phi) is 3.56. The molecule has 0 saturated heterocycles. The maximum atomic E-state index is 12.2. The highest BCUT2D eigenvalue weighted by Gasteiger charge is 2.23. The largest absolute Gasteiger partial charge is 0.293 e. The SMILES string of the molecule is CC(C)(C)c1[nH]n(-c2ccc(Br)cc2)c(=O)c1Br. The molecule has 2 aromatic rings. The first kappa shape index (κ1) is 13.6. The minimum atomic E-state index is -0.112. The standard InChI is InChI=1S/C13H14Br2N2O/c1-13(2,3)11-10(15)12(18)17(16-11)9-6-4-8(14)5-7-9/h4-7,16H,1-3H3. The van der Waals surface area contributed by atoms with E-state index in [4.69, 9.17) is 0 Å². The Balaban J connectivity index is 2.60. The maximum absolute atomic E-state index is 12.2.